The molecular weight excluding hydrogens is 431 g/mol. The van der Waals surface area contributed by atoms with E-state index >= 15 is 0 Å². The fourth-order valence-corrected chi connectivity index (χ4v) is 5.87. The predicted molar refractivity (Wildman–Crippen MR) is 127 cm³/mol. The molecule has 0 fully saturated rings. The second kappa shape index (κ2) is 8.54. The van der Waals surface area contributed by atoms with Crippen molar-refractivity contribution in [3.8, 4) is 21.4 Å². The average Bonchev–Trinajstić information content (AvgIpc) is 3.27. The number of benzene rings is 4. The van der Waals surface area contributed by atoms with Crippen LogP contribution >= 0.6 is 0 Å². The van der Waals surface area contributed by atoms with Crippen molar-refractivity contribution in [3.05, 3.63) is 121 Å². The van der Waals surface area contributed by atoms with E-state index in [1.54, 1.807) is 0 Å². The number of rotatable bonds is 5. The molecule has 5 aromatic rings. The van der Waals surface area contributed by atoms with Crippen molar-refractivity contribution in [1.82, 2.24) is 4.98 Å². The Kier molecular flexibility index (Phi) is 5.30. The Morgan fingerprint density at radius 3 is 1.43 bits per heavy atom. The van der Waals surface area contributed by atoms with Gasteiger partial charge in [-0.15, -0.1) is 0 Å². The Morgan fingerprint density at radius 1 is 0.500 bits per heavy atom. The van der Waals surface area contributed by atoms with Crippen LogP contribution in [0.2, 0.25) is 0 Å². The van der Waals surface area contributed by atoms with Crippen LogP contribution in [0.15, 0.2) is 121 Å². The van der Waals surface area contributed by atoms with Gasteiger partial charge in [-0.05, 0) is 0 Å². The SMILES string of the molecule is c1ccc(-c2nc(-c3ccccc3)c(N(c3ccccc3)c3ccccc3)[se]2)cc1. The van der Waals surface area contributed by atoms with Gasteiger partial charge in [-0.1, -0.05) is 0 Å². The third kappa shape index (κ3) is 3.73. The summed E-state index contributed by atoms with van der Waals surface area (Å²) in [6.45, 7) is 0. The van der Waals surface area contributed by atoms with Gasteiger partial charge in [-0.2, -0.15) is 0 Å². The third-order valence-electron chi connectivity index (χ3n) is 4.91. The first-order valence-electron chi connectivity index (χ1n) is 9.92. The Labute approximate surface area is 182 Å². The van der Waals surface area contributed by atoms with Crippen LogP contribution in [0.3, 0.4) is 0 Å². The standard InChI is InChI=1S/C27H20N2Se/c1-5-13-21(14-6-1)25-27(30-26(28-25)22-15-7-2-8-16-22)29(23-17-9-3-10-18-23)24-19-11-4-12-20-24/h1-20H. The number of hydrogen-bond donors (Lipinski definition) is 0. The number of nitrogens with zero attached hydrogens (tertiary/aromatic N) is 2. The normalized spacial score (nSPS) is 10.7. The maximum absolute atomic E-state index is 5.16. The van der Waals surface area contributed by atoms with Crippen molar-refractivity contribution in [2.24, 2.45) is 0 Å². The molecule has 3 heteroatoms. The molecule has 0 unspecified atom stereocenters. The monoisotopic (exact) mass is 452 g/mol. The van der Waals surface area contributed by atoms with Crippen LogP contribution in [0.25, 0.3) is 21.4 Å². The molecule has 4 aromatic carbocycles. The fourth-order valence-electron chi connectivity index (χ4n) is 3.49. The van der Waals surface area contributed by atoms with Crippen molar-refractivity contribution in [1.29, 1.82) is 0 Å². The molecule has 0 bridgehead atoms. The van der Waals surface area contributed by atoms with Gasteiger partial charge in [0.1, 0.15) is 0 Å². The summed E-state index contributed by atoms with van der Waals surface area (Å²) in [6.07, 6.45) is 0. The number of hydrogen-bond acceptors (Lipinski definition) is 2. The molecule has 1 aromatic heterocycles. The summed E-state index contributed by atoms with van der Waals surface area (Å²) in [4.78, 5) is 7.53. The van der Waals surface area contributed by atoms with Gasteiger partial charge in [-0.3, -0.25) is 0 Å². The van der Waals surface area contributed by atoms with E-state index in [2.05, 4.69) is 126 Å². The van der Waals surface area contributed by atoms with Gasteiger partial charge in [0.25, 0.3) is 0 Å². The molecule has 0 aliphatic heterocycles. The van der Waals surface area contributed by atoms with Gasteiger partial charge in [0.05, 0.1) is 0 Å². The van der Waals surface area contributed by atoms with Crippen LogP contribution < -0.4 is 4.90 Å². The van der Waals surface area contributed by atoms with E-state index in [0.29, 0.717) is 0 Å². The van der Waals surface area contributed by atoms with Crippen molar-refractivity contribution >= 4 is 30.4 Å². The van der Waals surface area contributed by atoms with Gasteiger partial charge >= 0.3 is 183 Å². The Morgan fingerprint density at radius 2 is 0.933 bits per heavy atom. The maximum atomic E-state index is 5.16. The number of anilines is 3. The molecule has 5 rings (SSSR count). The quantitative estimate of drug-likeness (QED) is 0.269. The molecule has 30 heavy (non-hydrogen) atoms. The minimum absolute atomic E-state index is 0.0677. The molecule has 0 saturated carbocycles. The van der Waals surface area contributed by atoms with Gasteiger partial charge in [0, 0.05) is 0 Å². The summed E-state index contributed by atoms with van der Waals surface area (Å²) in [7, 11) is 0. The summed E-state index contributed by atoms with van der Waals surface area (Å²) < 4.78 is 2.42. The summed E-state index contributed by atoms with van der Waals surface area (Å²) in [5.41, 5.74) is 5.71. The zero-order valence-corrected chi connectivity index (χ0v) is 18.1. The Hall–Kier alpha value is -3.39. The molecule has 144 valence electrons. The average molecular weight is 451 g/mol. The van der Waals surface area contributed by atoms with Gasteiger partial charge in [-0.25, -0.2) is 0 Å². The molecule has 2 nitrogen and oxygen atoms in total. The van der Waals surface area contributed by atoms with Crippen LogP contribution in [0.4, 0.5) is 15.9 Å². The van der Waals surface area contributed by atoms with E-state index in [0.717, 1.165) is 27.2 Å². The van der Waals surface area contributed by atoms with Crippen molar-refractivity contribution in [2.45, 2.75) is 0 Å². The van der Waals surface area contributed by atoms with Crippen LogP contribution in [-0.2, 0) is 0 Å². The summed E-state index contributed by atoms with van der Waals surface area (Å²) >= 11 is 0.0677. The Bertz CT molecular complexity index is 1180. The summed E-state index contributed by atoms with van der Waals surface area (Å²) in [5, 5.41) is 0. The van der Waals surface area contributed by atoms with E-state index in [4.69, 9.17) is 4.98 Å². The van der Waals surface area contributed by atoms with E-state index in [1.165, 1.54) is 10.1 Å². The third-order valence-corrected chi connectivity index (χ3v) is 7.20. The van der Waals surface area contributed by atoms with Crippen LogP contribution in [0.5, 0.6) is 0 Å². The molecule has 0 saturated heterocycles. The summed E-state index contributed by atoms with van der Waals surface area (Å²) in [6, 6.07) is 42.2. The van der Waals surface area contributed by atoms with Crippen molar-refractivity contribution in [2.75, 3.05) is 4.90 Å². The number of aromatic nitrogens is 1. The van der Waals surface area contributed by atoms with E-state index in [9.17, 15) is 0 Å². The molecule has 0 atom stereocenters. The molecule has 0 aliphatic carbocycles. The van der Waals surface area contributed by atoms with Crippen LogP contribution in [0, 0.1) is 0 Å². The van der Waals surface area contributed by atoms with Gasteiger partial charge in [0.2, 0.25) is 0 Å². The molecule has 0 N–H and O–H groups in total. The first-order chi connectivity index (χ1) is 14.9. The zero-order chi connectivity index (χ0) is 20.2. The molecule has 0 aliphatic rings. The second-order valence-corrected chi connectivity index (χ2v) is 8.96. The van der Waals surface area contributed by atoms with Crippen LogP contribution in [0.1, 0.15) is 0 Å². The minimum atomic E-state index is 0.0677. The van der Waals surface area contributed by atoms with E-state index in [-0.39, 0.29) is 14.5 Å². The zero-order valence-electron chi connectivity index (χ0n) is 16.3. The van der Waals surface area contributed by atoms with E-state index in [1.807, 2.05) is 0 Å². The molecule has 0 amide bonds. The predicted octanol–water partition coefficient (Wildman–Crippen LogP) is 6.94. The second-order valence-electron chi connectivity index (χ2n) is 6.91. The molecule has 0 radical (unpaired) electrons. The molecular formula is C27H20N2Se. The van der Waals surface area contributed by atoms with Gasteiger partial charge < -0.3 is 0 Å². The first kappa shape index (κ1) is 18.6. The Balaban J connectivity index is 1.75. The topological polar surface area (TPSA) is 16.1 Å². The first-order valence-corrected chi connectivity index (χ1v) is 11.6. The van der Waals surface area contributed by atoms with Gasteiger partial charge in [0.15, 0.2) is 0 Å². The molecule has 1 heterocycles. The van der Waals surface area contributed by atoms with E-state index < -0.39 is 0 Å². The number of para-hydroxylation sites is 2. The molecule has 0 spiro atoms. The fraction of sp³-hybridized carbons (Fsp3) is 0. The summed E-state index contributed by atoms with van der Waals surface area (Å²) in [5.74, 6) is 0. The van der Waals surface area contributed by atoms with Crippen molar-refractivity contribution in [3.63, 3.8) is 0 Å². The van der Waals surface area contributed by atoms with Crippen molar-refractivity contribution < 1.29 is 0 Å². The van der Waals surface area contributed by atoms with Crippen LogP contribution in [-0.4, -0.2) is 19.5 Å².